The van der Waals surface area contributed by atoms with Gasteiger partial charge in [0.2, 0.25) is 0 Å². The first-order valence-corrected chi connectivity index (χ1v) is 7.61. The summed E-state index contributed by atoms with van der Waals surface area (Å²) in [5, 5.41) is 10.4. The van der Waals surface area contributed by atoms with Crippen LogP contribution in [0.3, 0.4) is 0 Å². The molecule has 1 nitrogen and oxygen atoms in total. The molecular weight excluding hydrogens is 295 g/mol. The fraction of sp³-hybridized carbons (Fsp3) is 0.600. The molecule has 0 saturated heterocycles. The summed E-state index contributed by atoms with van der Waals surface area (Å²) in [6.45, 7) is 0. The third kappa shape index (κ3) is 3.55. The molecular formula is C15H20BrFO. The molecule has 18 heavy (non-hydrogen) atoms. The third-order valence-electron chi connectivity index (χ3n) is 3.88. The second-order valence-electron chi connectivity index (χ2n) is 5.22. The summed E-state index contributed by atoms with van der Waals surface area (Å²) < 4.78 is 13.6. The Morgan fingerprint density at radius 3 is 2.33 bits per heavy atom. The van der Waals surface area contributed by atoms with Crippen LogP contribution < -0.4 is 0 Å². The second-order valence-corrected chi connectivity index (χ2v) is 6.08. The summed E-state index contributed by atoms with van der Waals surface area (Å²) in [5.74, 6) is 0.0475. The van der Waals surface area contributed by atoms with E-state index in [0.29, 0.717) is 10.4 Å². The minimum atomic E-state index is -0.458. The van der Waals surface area contributed by atoms with Gasteiger partial charge in [0.25, 0.3) is 0 Å². The first-order chi connectivity index (χ1) is 8.68. The molecule has 1 atom stereocenters. The minimum Gasteiger partial charge on any atom is -0.388 e. The van der Waals surface area contributed by atoms with E-state index in [9.17, 15) is 9.50 Å². The maximum atomic E-state index is 13.2. The molecule has 1 aliphatic carbocycles. The second kappa shape index (κ2) is 6.67. The lowest BCUT2D eigenvalue weighted by molar-refractivity contribution is 0.0911. The summed E-state index contributed by atoms with van der Waals surface area (Å²) in [6.07, 6.45) is 7.97. The predicted molar refractivity (Wildman–Crippen MR) is 74.9 cm³/mol. The lowest BCUT2D eigenvalue weighted by atomic mass is 9.84. The zero-order valence-electron chi connectivity index (χ0n) is 10.5. The Morgan fingerprint density at radius 2 is 1.72 bits per heavy atom. The highest BCUT2D eigenvalue weighted by Gasteiger charge is 2.22. The summed E-state index contributed by atoms with van der Waals surface area (Å²) in [7, 11) is 0. The molecule has 1 aromatic carbocycles. The Bertz CT molecular complexity index is 386. The predicted octanol–water partition coefficient (Wildman–Crippen LogP) is 4.98. The molecule has 100 valence electrons. The normalized spacial score (nSPS) is 20.2. The van der Waals surface area contributed by atoms with Crippen molar-refractivity contribution >= 4 is 15.9 Å². The molecule has 1 N–H and O–H groups in total. The highest BCUT2D eigenvalue weighted by atomic mass is 79.9. The Kier molecular flexibility index (Phi) is 5.19. The van der Waals surface area contributed by atoms with E-state index in [1.165, 1.54) is 38.2 Å². The largest absolute Gasteiger partial charge is 0.388 e. The van der Waals surface area contributed by atoms with Crippen molar-refractivity contribution in [3.63, 3.8) is 0 Å². The van der Waals surface area contributed by atoms with E-state index < -0.39 is 6.10 Å². The fourth-order valence-electron chi connectivity index (χ4n) is 2.77. The third-order valence-corrected chi connectivity index (χ3v) is 4.49. The van der Waals surface area contributed by atoms with Crippen molar-refractivity contribution in [2.45, 2.75) is 51.0 Å². The van der Waals surface area contributed by atoms with Crippen molar-refractivity contribution in [2.24, 2.45) is 5.92 Å². The van der Waals surface area contributed by atoms with Crippen LogP contribution in [-0.4, -0.2) is 5.11 Å². The molecule has 1 aliphatic rings. The molecule has 0 spiro atoms. The van der Waals surface area contributed by atoms with Gasteiger partial charge in [0, 0.05) is 0 Å². The number of rotatable bonds is 2. The van der Waals surface area contributed by atoms with Gasteiger partial charge >= 0.3 is 0 Å². The van der Waals surface area contributed by atoms with Crippen molar-refractivity contribution < 1.29 is 9.50 Å². The molecule has 0 amide bonds. The number of hydrogen-bond acceptors (Lipinski definition) is 1. The van der Waals surface area contributed by atoms with Crippen LogP contribution in [0.15, 0.2) is 22.7 Å². The maximum Gasteiger partial charge on any atom is 0.137 e. The lowest BCUT2D eigenvalue weighted by Gasteiger charge is -2.25. The summed E-state index contributed by atoms with van der Waals surface area (Å²) in [6, 6.07) is 4.83. The van der Waals surface area contributed by atoms with Crippen molar-refractivity contribution in [3.05, 3.63) is 34.1 Å². The molecule has 3 heteroatoms. The molecule has 1 unspecified atom stereocenters. The first-order valence-electron chi connectivity index (χ1n) is 6.81. The Labute approximate surface area is 117 Å². The van der Waals surface area contributed by atoms with Gasteiger partial charge in [-0.2, -0.15) is 0 Å². The van der Waals surface area contributed by atoms with E-state index in [1.807, 2.05) is 0 Å². The SMILES string of the molecule is OC(c1ccc(F)c(Br)c1)C1CCCCCCC1. The summed E-state index contributed by atoms with van der Waals surface area (Å²) in [5.41, 5.74) is 0.828. The average Bonchev–Trinajstić information content (AvgIpc) is 2.31. The summed E-state index contributed by atoms with van der Waals surface area (Å²) in [4.78, 5) is 0. The Morgan fingerprint density at radius 1 is 1.11 bits per heavy atom. The lowest BCUT2D eigenvalue weighted by Crippen LogP contribution is -2.14. The van der Waals surface area contributed by atoms with Gasteiger partial charge in [-0.3, -0.25) is 0 Å². The smallest absolute Gasteiger partial charge is 0.137 e. The van der Waals surface area contributed by atoms with Gasteiger partial charge in [-0.25, -0.2) is 4.39 Å². The molecule has 0 heterocycles. The molecule has 1 saturated carbocycles. The molecule has 2 rings (SSSR count). The highest BCUT2D eigenvalue weighted by Crippen LogP contribution is 2.34. The van der Waals surface area contributed by atoms with Crippen LogP contribution >= 0.6 is 15.9 Å². The number of hydrogen-bond donors (Lipinski definition) is 1. The monoisotopic (exact) mass is 314 g/mol. The molecule has 0 radical (unpaired) electrons. The molecule has 0 aromatic heterocycles. The van der Waals surface area contributed by atoms with Crippen LogP contribution in [0.5, 0.6) is 0 Å². The Balaban J connectivity index is 2.08. The molecule has 0 bridgehead atoms. The van der Waals surface area contributed by atoms with E-state index >= 15 is 0 Å². The standard InChI is InChI=1S/C15H20BrFO/c16-13-10-12(8-9-14(13)17)15(18)11-6-4-2-1-3-5-7-11/h8-11,15,18H,1-7H2. The average molecular weight is 315 g/mol. The van der Waals surface area contributed by atoms with Crippen molar-refractivity contribution in [1.82, 2.24) is 0 Å². The Hall–Kier alpha value is -0.410. The molecule has 1 fully saturated rings. The van der Waals surface area contributed by atoms with E-state index in [2.05, 4.69) is 15.9 Å². The van der Waals surface area contributed by atoms with Crippen LogP contribution in [-0.2, 0) is 0 Å². The van der Waals surface area contributed by atoms with Crippen LogP contribution in [0.1, 0.15) is 56.6 Å². The zero-order chi connectivity index (χ0) is 13.0. The van der Waals surface area contributed by atoms with Crippen molar-refractivity contribution in [1.29, 1.82) is 0 Å². The van der Waals surface area contributed by atoms with Crippen LogP contribution in [0.4, 0.5) is 4.39 Å². The first kappa shape index (κ1) is 14.0. The van der Waals surface area contributed by atoms with Gasteiger partial charge in [-0.05, 0) is 52.4 Å². The van der Waals surface area contributed by atoms with E-state index in [-0.39, 0.29) is 5.82 Å². The van der Waals surface area contributed by atoms with Crippen molar-refractivity contribution in [2.75, 3.05) is 0 Å². The zero-order valence-corrected chi connectivity index (χ0v) is 12.1. The van der Waals surface area contributed by atoms with Gasteiger partial charge in [-0.1, -0.05) is 38.2 Å². The van der Waals surface area contributed by atoms with Crippen LogP contribution in [0.2, 0.25) is 0 Å². The number of benzene rings is 1. The quantitative estimate of drug-likeness (QED) is 0.816. The fourth-order valence-corrected chi connectivity index (χ4v) is 3.17. The minimum absolute atomic E-state index is 0.274. The van der Waals surface area contributed by atoms with Gasteiger partial charge in [0.05, 0.1) is 10.6 Å². The van der Waals surface area contributed by atoms with Gasteiger partial charge in [-0.15, -0.1) is 0 Å². The topological polar surface area (TPSA) is 20.2 Å². The summed E-state index contributed by atoms with van der Waals surface area (Å²) >= 11 is 3.18. The van der Waals surface area contributed by atoms with Crippen molar-refractivity contribution in [3.8, 4) is 0 Å². The highest BCUT2D eigenvalue weighted by molar-refractivity contribution is 9.10. The van der Waals surface area contributed by atoms with Gasteiger partial charge in [0.15, 0.2) is 0 Å². The maximum absolute atomic E-state index is 13.2. The van der Waals surface area contributed by atoms with Crippen LogP contribution in [0, 0.1) is 11.7 Å². The molecule has 0 aliphatic heterocycles. The van der Waals surface area contributed by atoms with Gasteiger partial charge < -0.3 is 5.11 Å². The number of aliphatic hydroxyl groups is 1. The molecule has 1 aromatic rings. The van der Waals surface area contributed by atoms with E-state index in [4.69, 9.17) is 0 Å². The van der Waals surface area contributed by atoms with E-state index in [1.54, 1.807) is 12.1 Å². The van der Waals surface area contributed by atoms with Gasteiger partial charge in [0.1, 0.15) is 5.82 Å². The van der Waals surface area contributed by atoms with Crippen LogP contribution in [0.25, 0.3) is 0 Å². The number of halogens is 2. The number of aliphatic hydroxyl groups excluding tert-OH is 1. The van der Waals surface area contributed by atoms with E-state index in [0.717, 1.165) is 18.4 Å².